The van der Waals surface area contributed by atoms with E-state index in [1.807, 2.05) is 0 Å². The molecule has 1 aromatic heterocycles. The van der Waals surface area contributed by atoms with Gasteiger partial charge in [-0.05, 0) is 25.9 Å². The fourth-order valence-corrected chi connectivity index (χ4v) is 6.70. The number of ether oxygens (including phenoxy) is 1. The number of aromatic amines is 1. The largest absolute Gasteiger partial charge is 0.490 e. The van der Waals surface area contributed by atoms with Crippen molar-refractivity contribution in [3.05, 3.63) is 32.6 Å². The molecule has 0 radical (unpaired) electrons. The maximum Gasteiger partial charge on any atom is 0.490 e. The normalized spacial score (nSPS) is 29.5. The number of hydrogen-bond donors (Lipinski definition) is 8. The van der Waals surface area contributed by atoms with Gasteiger partial charge in [0.2, 0.25) is 0 Å². The standard InChI is InChI=1S/C14H24N3O15P3/c18-10-9(6-29-34(25,26)32-35(27,28)31-33(22,23)24)30-12(11(10)19)8-5-17(14(21)16-13(8)20)7-1-3-15-4-2-7/h5,7,9-12,15,18-19H,1-4,6H2,(H,25,26)(H,27,28)(H,16,20,21)(H2,22,23,24)/t9-,10?,11?,12+/m1/s1. The molecule has 3 heterocycles. The molecule has 8 N–H and O–H groups in total. The molecule has 0 spiro atoms. The van der Waals surface area contributed by atoms with Crippen LogP contribution < -0.4 is 16.6 Å². The molecule has 3 rings (SSSR count). The van der Waals surface area contributed by atoms with Crippen LogP contribution in [-0.2, 0) is 31.6 Å². The molecule has 2 fully saturated rings. The first-order chi connectivity index (χ1) is 16.1. The van der Waals surface area contributed by atoms with E-state index in [4.69, 9.17) is 19.4 Å². The number of rotatable bonds is 9. The first-order valence-corrected chi connectivity index (χ1v) is 14.5. The van der Waals surface area contributed by atoms with E-state index < -0.39 is 65.7 Å². The van der Waals surface area contributed by atoms with Crippen LogP contribution in [-0.4, -0.2) is 77.3 Å². The zero-order valence-electron chi connectivity index (χ0n) is 17.6. The lowest BCUT2D eigenvalue weighted by atomic mass is 10.0. The summed E-state index contributed by atoms with van der Waals surface area (Å²) >= 11 is 0. The molecule has 18 nitrogen and oxygen atoms in total. The molecule has 21 heteroatoms. The van der Waals surface area contributed by atoms with Crippen molar-refractivity contribution in [3.63, 3.8) is 0 Å². The van der Waals surface area contributed by atoms with Crippen LogP contribution in [0.4, 0.5) is 0 Å². The molecule has 2 aliphatic heterocycles. The van der Waals surface area contributed by atoms with Gasteiger partial charge >= 0.3 is 29.2 Å². The number of nitrogens with zero attached hydrogens (tertiary/aromatic N) is 1. The second-order valence-corrected chi connectivity index (χ2v) is 12.1. The van der Waals surface area contributed by atoms with E-state index in [0.29, 0.717) is 25.9 Å². The monoisotopic (exact) mass is 567 g/mol. The number of piperidine rings is 1. The van der Waals surface area contributed by atoms with Crippen molar-refractivity contribution in [3.8, 4) is 0 Å². The van der Waals surface area contributed by atoms with Gasteiger partial charge in [-0.2, -0.15) is 8.62 Å². The van der Waals surface area contributed by atoms with Crippen molar-refractivity contribution < 1.29 is 61.4 Å². The Morgan fingerprint density at radius 1 is 1.00 bits per heavy atom. The molecule has 1 aromatic rings. The molecule has 0 amide bonds. The molecule has 0 aliphatic carbocycles. The summed E-state index contributed by atoms with van der Waals surface area (Å²) in [5.74, 6) is 0. The molecular weight excluding hydrogens is 543 g/mol. The Morgan fingerprint density at radius 2 is 1.63 bits per heavy atom. The highest BCUT2D eigenvalue weighted by Crippen LogP contribution is 2.66. The third-order valence-electron chi connectivity index (χ3n) is 5.18. The number of H-pyrrole nitrogens is 1. The van der Waals surface area contributed by atoms with Crippen LogP contribution in [0.2, 0.25) is 0 Å². The van der Waals surface area contributed by atoms with Crippen LogP contribution in [0.3, 0.4) is 0 Å². The second-order valence-electron chi connectivity index (χ2n) is 7.70. The highest BCUT2D eigenvalue weighted by atomic mass is 31.3. The zero-order chi connectivity index (χ0) is 26.2. The van der Waals surface area contributed by atoms with E-state index in [1.54, 1.807) is 0 Å². The number of phosphoric ester groups is 1. The van der Waals surface area contributed by atoms with Crippen molar-refractivity contribution >= 4 is 23.5 Å². The number of phosphoric acid groups is 3. The minimum atomic E-state index is -5.75. The van der Waals surface area contributed by atoms with Gasteiger partial charge in [0.25, 0.3) is 5.56 Å². The number of aliphatic hydroxyl groups excluding tert-OH is 2. The summed E-state index contributed by atoms with van der Waals surface area (Å²) in [6, 6.07) is -0.246. The molecule has 2 saturated heterocycles. The fraction of sp³-hybridized carbons (Fsp3) is 0.714. The zero-order valence-corrected chi connectivity index (χ0v) is 20.3. The fourth-order valence-electron chi connectivity index (χ4n) is 3.67. The number of aromatic nitrogens is 2. The number of hydrogen-bond acceptors (Lipinski definition) is 12. The Bertz CT molecular complexity index is 1170. The van der Waals surface area contributed by atoms with Crippen molar-refractivity contribution in [1.82, 2.24) is 14.9 Å². The Hall–Kier alpha value is -1.07. The van der Waals surface area contributed by atoms with E-state index in [9.17, 15) is 38.4 Å². The van der Waals surface area contributed by atoms with Crippen molar-refractivity contribution in [2.75, 3.05) is 19.7 Å². The molecule has 6 atom stereocenters. The average Bonchev–Trinajstić information content (AvgIpc) is 2.99. The van der Waals surface area contributed by atoms with Crippen LogP contribution in [0.25, 0.3) is 0 Å². The van der Waals surface area contributed by atoms with Crippen LogP contribution in [0.15, 0.2) is 15.8 Å². The first kappa shape index (κ1) is 28.5. The average molecular weight is 567 g/mol. The third kappa shape index (κ3) is 7.47. The lowest BCUT2D eigenvalue weighted by Gasteiger charge is -2.25. The third-order valence-corrected chi connectivity index (χ3v) is 8.99. The van der Waals surface area contributed by atoms with Gasteiger partial charge in [0.15, 0.2) is 0 Å². The Labute approximate surface area is 195 Å². The summed E-state index contributed by atoms with van der Waals surface area (Å²) in [4.78, 5) is 62.5. The topological polar surface area (TPSA) is 276 Å². The van der Waals surface area contributed by atoms with E-state index >= 15 is 0 Å². The molecule has 0 bridgehead atoms. The van der Waals surface area contributed by atoms with Gasteiger partial charge in [-0.3, -0.25) is 18.9 Å². The van der Waals surface area contributed by atoms with Crippen molar-refractivity contribution in [2.24, 2.45) is 0 Å². The molecule has 0 aromatic carbocycles. The number of nitrogens with one attached hydrogen (secondary N) is 2. The molecule has 2 aliphatic rings. The molecule has 0 saturated carbocycles. The molecule has 4 unspecified atom stereocenters. The van der Waals surface area contributed by atoms with Crippen molar-refractivity contribution in [1.29, 1.82) is 0 Å². The van der Waals surface area contributed by atoms with Gasteiger partial charge < -0.3 is 39.8 Å². The van der Waals surface area contributed by atoms with Gasteiger partial charge in [0, 0.05) is 12.2 Å². The van der Waals surface area contributed by atoms with Gasteiger partial charge in [-0.25, -0.2) is 18.5 Å². The Balaban J connectivity index is 1.72. The van der Waals surface area contributed by atoms with Gasteiger partial charge in [0.05, 0.1) is 12.2 Å². The SMILES string of the molecule is O=c1[nH]c(=O)n(C2CCNCC2)cc1[C@@H]1O[C@H](COP(=O)(O)OP(=O)(O)OP(=O)(O)O)C(O)C1O. The minimum absolute atomic E-state index is 0.212. The lowest BCUT2D eigenvalue weighted by Crippen LogP contribution is -2.39. The number of aliphatic hydroxyl groups is 2. The van der Waals surface area contributed by atoms with E-state index in [0.717, 1.165) is 0 Å². The second kappa shape index (κ2) is 10.7. The van der Waals surface area contributed by atoms with E-state index in [2.05, 4.69) is 23.4 Å². The predicted molar refractivity (Wildman–Crippen MR) is 112 cm³/mol. The van der Waals surface area contributed by atoms with Crippen LogP contribution in [0.5, 0.6) is 0 Å². The quantitative estimate of drug-likeness (QED) is 0.149. The van der Waals surface area contributed by atoms with Crippen LogP contribution >= 0.6 is 23.5 Å². The lowest BCUT2D eigenvalue weighted by molar-refractivity contribution is -0.0229. The maximum atomic E-state index is 12.4. The first-order valence-electron chi connectivity index (χ1n) is 9.94. The summed E-state index contributed by atoms with van der Waals surface area (Å²) in [7, 11) is -16.8. The van der Waals surface area contributed by atoms with Gasteiger partial charge in [0.1, 0.15) is 24.4 Å². The smallest absolute Gasteiger partial charge is 0.387 e. The molecule has 35 heavy (non-hydrogen) atoms. The van der Waals surface area contributed by atoms with Gasteiger partial charge in [-0.15, -0.1) is 0 Å². The maximum absolute atomic E-state index is 12.4. The predicted octanol–water partition coefficient (Wildman–Crippen LogP) is -2.03. The van der Waals surface area contributed by atoms with Crippen LogP contribution in [0, 0.1) is 0 Å². The Kier molecular flexibility index (Phi) is 8.74. The Morgan fingerprint density at radius 3 is 2.23 bits per heavy atom. The minimum Gasteiger partial charge on any atom is -0.387 e. The summed E-state index contributed by atoms with van der Waals surface area (Å²) < 4.78 is 52.2. The highest BCUT2D eigenvalue weighted by molar-refractivity contribution is 7.66. The summed E-state index contributed by atoms with van der Waals surface area (Å²) in [6.07, 6.45) is -4.22. The molecule has 200 valence electrons. The van der Waals surface area contributed by atoms with Crippen LogP contribution in [0.1, 0.15) is 30.6 Å². The van der Waals surface area contributed by atoms with Gasteiger partial charge in [-0.1, -0.05) is 0 Å². The summed E-state index contributed by atoms with van der Waals surface area (Å²) in [5.41, 5.74) is -1.79. The van der Waals surface area contributed by atoms with Crippen molar-refractivity contribution in [2.45, 2.75) is 43.3 Å². The van der Waals surface area contributed by atoms with E-state index in [1.165, 1.54) is 10.8 Å². The highest BCUT2D eigenvalue weighted by Gasteiger charge is 2.47. The van der Waals surface area contributed by atoms with E-state index in [-0.39, 0.29) is 11.6 Å². The summed E-state index contributed by atoms with van der Waals surface area (Å²) in [5, 5.41) is 23.8. The molecular formula is C14H24N3O15P3. The summed E-state index contributed by atoms with van der Waals surface area (Å²) in [6.45, 7) is 0.231.